The van der Waals surface area contributed by atoms with Gasteiger partial charge in [0.2, 0.25) is 0 Å². The van der Waals surface area contributed by atoms with E-state index in [0.717, 1.165) is 0 Å². The highest BCUT2D eigenvalue weighted by molar-refractivity contribution is 5.91. The van der Waals surface area contributed by atoms with Gasteiger partial charge >= 0.3 is 11.9 Å². The zero-order valence-corrected chi connectivity index (χ0v) is 9.21. The highest BCUT2D eigenvalue weighted by Crippen LogP contribution is 2.19. The molecule has 6 nitrogen and oxygen atoms in total. The van der Waals surface area contributed by atoms with Crippen LogP contribution in [0, 0.1) is 0 Å². The summed E-state index contributed by atoms with van der Waals surface area (Å²) in [4.78, 5) is 21.9. The third kappa shape index (κ3) is 3.18. The highest BCUT2D eigenvalue weighted by Gasteiger charge is 2.16. The number of hydrogen-bond acceptors (Lipinski definition) is 5. The van der Waals surface area contributed by atoms with E-state index in [2.05, 4.69) is 4.74 Å². The molecule has 1 rings (SSSR count). The van der Waals surface area contributed by atoms with Gasteiger partial charge in [-0.15, -0.1) is 0 Å². The van der Waals surface area contributed by atoms with Crippen molar-refractivity contribution in [1.29, 1.82) is 0 Å². The molecule has 0 radical (unpaired) electrons. The summed E-state index contributed by atoms with van der Waals surface area (Å²) in [5.74, 6) is -2.14. The minimum absolute atomic E-state index is 0.146. The van der Waals surface area contributed by atoms with Crippen LogP contribution in [-0.2, 0) is 16.0 Å². The Morgan fingerprint density at radius 1 is 1.47 bits per heavy atom. The van der Waals surface area contributed by atoms with E-state index in [9.17, 15) is 14.7 Å². The first-order valence-corrected chi connectivity index (χ1v) is 4.84. The summed E-state index contributed by atoms with van der Waals surface area (Å²) in [6.45, 7) is 0. The second kappa shape index (κ2) is 5.31. The minimum Gasteiger partial charge on any atom is -0.507 e. The average Bonchev–Trinajstić information content (AvgIpc) is 2.30. The molecular formula is C11H13NO5. The van der Waals surface area contributed by atoms with Gasteiger partial charge < -0.3 is 20.7 Å². The lowest BCUT2D eigenvalue weighted by atomic mass is 10.0. The van der Waals surface area contributed by atoms with E-state index in [1.165, 1.54) is 25.3 Å². The van der Waals surface area contributed by atoms with Gasteiger partial charge in [0.05, 0.1) is 7.11 Å². The Bertz CT molecular complexity index is 443. The maximum absolute atomic E-state index is 11.1. The van der Waals surface area contributed by atoms with Gasteiger partial charge in [0.25, 0.3) is 0 Å². The summed E-state index contributed by atoms with van der Waals surface area (Å²) in [7, 11) is 1.22. The lowest BCUT2D eigenvalue weighted by Crippen LogP contribution is -2.33. The standard InChI is InChI=1S/C11H13NO5/c1-17-11(16)8(12)5-6-2-3-9(13)7(4-6)10(14)15/h2-4,8,13H,5,12H2,1H3,(H,14,15)/t8-/m1/s1. The topological polar surface area (TPSA) is 110 Å². The molecule has 0 fully saturated rings. The molecule has 1 aromatic carbocycles. The first-order chi connectivity index (χ1) is 7.95. The minimum atomic E-state index is -1.24. The molecular weight excluding hydrogens is 226 g/mol. The summed E-state index contributed by atoms with van der Waals surface area (Å²) >= 11 is 0. The lowest BCUT2D eigenvalue weighted by molar-refractivity contribution is -0.142. The number of carboxylic acids is 1. The zero-order valence-electron chi connectivity index (χ0n) is 9.21. The van der Waals surface area contributed by atoms with Crippen LogP contribution in [0.4, 0.5) is 0 Å². The van der Waals surface area contributed by atoms with Crippen LogP contribution >= 0.6 is 0 Å². The smallest absolute Gasteiger partial charge is 0.339 e. The Labute approximate surface area is 97.6 Å². The number of hydrogen-bond donors (Lipinski definition) is 3. The molecule has 4 N–H and O–H groups in total. The quantitative estimate of drug-likeness (QED) is 0.644. The van der Waals surface area contributed by atoms with Crippen molar-refractivity contribution in [3.05, 3.63) is 29.3 Å². The van der Waals surface area contributed by atoms with Crippen molar-refractivity contribution in [2.45, 2.75) is 12.5 Å². The van der Waals surface area contributed by atoms with Crippen molar-refractivity contribution >= 4 is 11.9 Å². The molecule has 0 saturated carbocycles. The number of benzene rings is 1. The van der Waals surface area contributed by atoms with E-state index in [-0.39, 0.29) is 17.7 Å². The predicted molar refractivity (Wildman–Crippen MR) is 58.8 cm³/mol. The van der Waals surface area contributed by atoms with Crippen LogP contribution in [0.3, 0.4) is 0 Å². The van der Waals surface area contributed by atoms with Crippen LogP contribution in [-0.4, -0.2) is 35.3 Å². The number of aromatic carboxylic acids is 1. The summed E-state index contributed by atoms with van der Waals surface area (Å²) in [6, 6.07) is 3.18. The van der Waals surface area contributed by atoms with Gasteiger partial charge in [0.1, 0.15) is 17.4 Å². The van der Waals surface area contributed by atoms with Gasteiger partial charge in [-0.05, 0) is 24.1 Å². The molecule has 6 heteroatoms. The molecule has 0 aromatic heterocycles. The molecule has 17 heavy (non-hydrogen) atoms. The summed E-state index contributed by atoms with van der Waals surface area (Å²) < 4.78 is 4.46. The molecule has 0 amide bonds. The van der Waals surface area contributed by atoms with E-state index in [1.54, 1.807) is 0 Å². The number of carbonyl (C=O) groups is 2. The van der Waals surface area contributed by atoms with Crippen molar-refractivity contribution in [2.75, 3.05) is 7.11 Å². The number of aromatic hydroxyl groups is 1. The fourth-order valence-electron chi connectivity index (χ4n) is 1.37. The van der Waals surface area contributed by atoms with Crippen molar-refractivity contribution in [3.8, 4) is 5.75 Å². The van der Waals surface area contributed by atoms with Gasteiger partial charge in [0, 0.05) is 0 Å². The van der Waals surface area contributed by atoms with Crippen LogP contribution in [0.2, 0.25) is 0 Å². The monoisotopic (exact) mass is 239 g/mol. The Hall–Kier alpha value is -2.08. The number of rotatable bonds is 4. The highest BCUT2D eigenvalue weighted by atomic mass is 16.5. The number of esters is 1. The van der Waals surface area contributed by atoms with Crippen LogP contribution in [0.5, 0.6) is 5.75 Å². The molecule has 0 saturated heterocycles. The van der Waals surface area contributed by atoms with E-state index < -0.39 is 18.0 Å². The molecule has 0 aliphatic carbocycles. The molecule has 1 aromatic rings. The Morgan fingerprint density at radius 2 is 2.12 bits per heavy atom. The van der Waals surface area contributed by atoms with Crippen molar-refractivity contribution in [3.63, 3.8) is 0 Å². The third-order valence-electron chi connectivity index (χ3n) is 2.25. The predicted octanol–water partition coefficient (Wildman–Crippen LogP) is 0.133. The summed E-state index contributed by atoms with van der Waals surface area (Å²) in [5, 5.41) is 18.1. The molecule has 1 atom stereocenters. The zero-order chi connectivity index (χ0) is 13.0. The van der Waals surface area contributed by atoms with Gasteiger partial charge in [-0.3, -0.25) is 4.79 Å². The van der Waals surface area contributed by atoms with Gasteiger partial charge in [-0.2, -0.15) is 0 Å². The normalized spacial score (nSPS) is 11.9. The summed E-state index contributed by atoms with van der Waals surface area (Å²) in [5.41, 5.74) is 5.86. The Kier molecular flexibility index (Phi) is 4.06. The average molecular weight is 239 g/mol. The Balaban J connectivity index is 2.90. The van der Waals surface area contributed by atoms with E-state index >= 15 is 0 Å². The number of nitrogens with two attached hydrogens (primary N) is 1. The van der Waals surface area contributed by atoms with Crippen LogP contribution in [0.15, 0.2) is 18.2 Å². The molecule has 0 unspecified atom stereocenters. The number of carbonyl (C=O) groups excluding carboxylic acids is 1. The number of methoxy groups -OCH3 is 1. The first-order valence-electron chi connectivity index (χ1n) is 4.84. The van der Waals surface area contributed by atoms with Gasteiger partial charge in [0.15, 0.2) is 0 Å². The molecule has 0 heterocycles. The van der Waals surface area contributed by atoms with E-state index in [0.29, 0.717) is 5.56 Å². The van der Waals surface area contributed by atoms with Crippen molar-refractivity contribution in [1.82, 2.24) is 0 Å². The van der Waals surface area contributed by atoms with Crippen molar-refractivity contribution < 1.29 is 24.5 Å². The van der Waals surface area contributed by atoms with Crippen LogP contribution in [0.1, 0.15) is 15.9 Å². The maximum atomic E-state index is 11.1. The largest absolute Gasteiger partial charge is 0.507 e. The van der Waals surface area contributed by atoms with Gasteiger partial charge in [-0.1, -0.05) is 6.07 Å². The second-order valence-electron chi connectivity index (χ2n) is 3.49. The first kappa shape index (κ1) is 13.0. The molecule has 0 aliphatic heterocycles. The van der Waals surface area contributed by atoms with Crippen LogP contribution < -0.4 is 5.73 Å². The second-order valence-corrected chi connectivity index (χ2v) is 3.49. The number of ether oxygens (including phenoxy) is 1. The molecule has 92 valence electrons. The number of carboxylic acid groups (broad SMARTS) is 1. The fraction of sp³-hybridized carbons (Fsp3) is 0.273. The van der Waals surface area contributed by atoms with Crippen LogP contribution in [0.25, 0.3) is 0 Å². The van der Waals surface area contributed by atoms with Crippen molar-refractivity contribution in [2.24, 2.45) is 5.73 Å². The van der Waals surface area contributed by atoms with E-state index in [1.807, 2.05) is 0 Å². The lowest BCUT2D eigenvalue weighted by Gasteiger charge is -2.10. The molecule has 0 spiro atoms. The molecule has 0 aliphatic rings. The number of phenols is 1. The summed E-state index contributed by atoms with van der Waals surface area (Å²) in [6.07, 6.45) is 0.146. The Morgan fingerprint density at radius 3 is 2.65 bits per heavy atom. The van der Waals surface area contributed by atoms with Gasteiger partial charge in [-0.25, -0.2) is 4.79 Å². The fourth-order valence-corrected chi connectivity index (χ4v) is 1.37. The maximum Gasteiger partial charge on any atom is 0.339 e. The third-order valence-corrected chi connectivity index (χ3v) is 2.25. The van der Waals surface area contributed by atoms with E-state index in [4.69, 9.17) is 10.8 Å². The SMILES string of the molecule is COC(=O)[C@H](N)Cc1ccc(O)c(C(=O)O)c1. The molecule has 0 bridgehead atoms.